The van der Waals surface area contributed by atoms with Crippen molar-refractivity contribution >= 4 is 16.8 Å². The average Bonchev–Trinajstić information content (AvgIpc) is 3.33. The Morgan fingerprint density at radius 3 is 2.83 bits per heavy atom. The summed E-state index contributed by atoms with van der Waals surface area (Å²) in [6, 6.07) is 8.84. The Labute approximate surface area is 168 Å². The van der Waals surface area contributed by atoms with E-state index in [9.17, 15) is 9.59 Å². The van der Waals surface area contributed by atoms with Crippen LogP contribution < -0.4 is 5.56 Å². The summed E-state index contributed by atoms with van der Waals surface area (Å²) in [5.41, 5.74) is 1.12. The van der Waals surface area contributed by atoms with Crippen molar-refractivity contribution in [1.82, 2.24) is 14.5 Å². The highest BCUT2D eigenvalue weighted by atomic mass is 16.5. The molecule has 7 heteroatoms. The third-order valence-electron chi connectivity index (χ3n) is 5.49. The van der Waals surface area contributed by atoms with Crippen molar-refractivity contribution in [1.29, 1.82) is 0 Å². The van der Waals surface area contributed by atoms with Crippen LogP contribution in [0.25, 0.3) is 10.9 Å². The van der Waals surface area contributed by atoms with E-state index in [0.29, 0.717) is 53.5 Å². The van der Waals surface area contributed by atoms with Gasteiger partial charge in [0.1, 0.15) is 17.3 Å². The Morgan fingerprint density at radius 1 is 1.31 bits per heavy atom. The van der Waals surface area contributed by atoms with Gasteiger partial charge in [-0.1, -0.05) is 12.1 Å². The number of methoxy groups -OCH3 is 1. The number of likely N-dealkylation sites (tertiary alicyclic amines) is 1. The zero-order valence-corrected chi connectivity index (χ0v) is 17.0. The van der Waals surface area contributed by atoms with E-state index in [1.807, 2.05) is 30.0 Å². The van der Waals surface area contributed by atoms with Gasteiger partial charge in [0.15, 0.2) is 0 Å². The molecule has 1 aromatic carbocycles. The Morgan fingerprint density at radius 2 is 2.10 bits per heavy atom. The van der Waals surface area contributed by atoms with Gasteiger partial charge in [0.2, 0.25) is 0 Å². The van der Waals surface area contributed by atoms with Crippen LogP contribution in [0.3, 0.4) is 0 Å². The molecule has 3 heterocycles. The van der Waals surface area contributed by atoms with Crippen molar-refractivity contribution in [2.75, 3.05) is 20.3 Å². The molecule has 29 heavy (non-hydrogen) atoms. The zero-order valence-electron chi connectivity index (χ0n) is 17.0. The van der Waals surface area contributed by atoms with Gasteiger partial charge < -0.3 is 14.1 Å². The molecule has 0 bridgehead atoms. The smallest absolute Gasteiger partial charge is 0.261 e. The van der Waals surface area contributed by atoms with Gasteiger partial charge in [-0.25, -0.2) is 4.98 Å². The number of aryl methyl sites for hydroxylation is 2. The van der Waals surface area contributed by atoms with Crippen LogP contribution in [-0.2, 0) is 11.3 Å². The lowest BCUT2D eigenvalue weighted by molar-refractivity contribution is 0.0723. The average molecular weight is 395 g/mol. The minimum absolute atomic E-state index is 0.0810. The second-order valence-electron chi connectivity index (χ2n) is 7.42. The number of benzene rings is 1. The molecule has 1 aliphatic heterocycles. The minimum Gasteiger partial charge on any atom is -0.466 e. The molecule has 3 aromatic rings. The van der Waals surface area contributed by atoms with Gasteiger partial charge in [0.25, 0.3) is 11.5 Å². The van der Waals surface area contributed by atoms with Crippen LogP contribution in [0.1, 0.15) is 46.6 Å². The van der Waals surface area contributed by atoms with Crippen molar-refractivity contribution in [3.63, 3.8) is 0 Å². The summed E-state index contributed by atoms with van der Waals surface area (Å²) in [5, 5.41) is 0.574. The molecule has 152 valence electrons. The van der Waals surface area contributed by atoms with Crippen LogP contribution in [0.5, 0.6) is 0 Å². The van der Waals surface area contributed by atoms with E-state index < -0.39 is 0 Å². The lowest BCUT2D eigenvalue weighted by Crippen LogP contribution is -2.36. The Balaban J connectivity index is 1.80. The van der Waals surface area contributed by atoms with Crippen molar-refractivity contribution < 1.29 is 13.9 Å². The van der Waals surface area contributed by atoms with Gasteiger partial charge in [-0.2, -0.15) is 0 Å². The van der Waals surface area contributed by atoms with Gasteiger partial charge >= 0.3 is 0 Å². The second-order valence-corrected chi connectivity index (χ2v) is 7.42. The standard InChI is InChI=1S/C22H25N3O4/c1-14-13-17(15(2)29-14)22(27)24-10-6-9-19(24)20-23-18-8-5-4-7-16(18)21(26)25(20)11-12-28-3/h4-5,7-8,13,19H,6,9-12H2,1-3H3. The number of rotatable bonds is 5. The summed E-state index contributed by atoms with van der Waals surface area (Å²) in [5.74, 6) is 1.86. The fourth-order valence-electron chi connectivity index (χ4n) is 4.11. The molecule has 0 N–H and O–H groups in total. The molecule has 7 nitrogen and oxygen atoms in total. The Kier molecular flexibility index (Phi) is 5.24. The van der Waals surface area contributed by atoms with E-state index in [1.54, 1.807) is 30.7 Å². The summed E-state index contributed by atoms with van der Waals surface area (Å²) in [6.45, 7) is 5.05. The number of nitrogens with zero attached hydrogens (tertiary/aromatic N) is 3. The predicted octanol–water partition coefficient (Wildman–Crippen LogP) is 3.23. The van der Waals surface area contributed by atoms with Crippen LogP contribution in [0.15, 0.2) is 39.5 Å². The maximum Gasteiger partial charge on any atom is 0.261 e. The van der Waals surface area contributed by atoms with Crippen LogP contribution in [0.2, 0.25) is 0 Å². The number of ether oxygens (including phenoxy) is 1. The molecule has 1 atom stereocenters. The molecule has 2 aromatic heterocycles. The lowest BCUT2D eigenvalue weighted by atomic mass is 10.1. The van der Waals surface area contributed by atoms with Crippen molar-refractivity contribution in [3.8, 4) is 0 Å². The summed E-state index contributed by atoms with van der Waals surface area (Å²) in [4.78, 5) is 33.1. The SMILES string of the molecule is COCCn1c(C2CCCN2C(=O)c2cc(C)oc2C)nc2ccccc2c1=O. The van der Waals surface area contributed by atoms with Crippen LogP contribution >= 0.6 is 0 Å². The van der Waals surface area contributed by atoms with E-state index in [0.717, 1.165) is 12.8 Å². The number of carbonyl (C=O) groups is 1. The molecular formula is C22H25N3O4. The first kappa shape index (κ1) is 19.4. The fraction of sp³-hybridized carbons (Fsp3) is 0.409. The predicted molar refractivity (Wildman–Crippen MR) is 109 cm³/mol. The van der Waals surface area contributed by atoms with Crippen molar-refractivity contribution in [2.24, 2.45) is 0 Å². The van der Waals surface area contributed by atoms with E-state index in [1.165, 1.54) is 0 Å². The normalized spacial score (nSPS) is 16.7. The first-order valence-corrected chi connectivity index (χ1v) is 9.87. The molecule has 0 saturated carbocycles. The quantitative estimate of drug-likeness (QED) is 0.663. The van der Waals surface area contributed by atoms with E-state index in [4.69, 9.17) is 14.1 Å². The number of aromatic nitrogens is 2. The minimum atomic E-state index is -0.258. The maximum absolute atomic E-state index is 13.3. The molecule has 1 fully saturated rings. The molecular weight excluding hydrogens is 370 g/mol. The first-order valence-electron chi connectivity index (χ1n) is 9.87. The summed E-state index contributed by atoms with van der Waals surface area (Å²) >= 11 is 0. The summed E-state index contributed by atoms with van der Waals surface area (Å²) in [6.07, 6.45) is 1.62. The zero-order chi connectivity index (χ0) is 20.5. The molecule has 1 saturated heterocycles. The van der Waals surface area contributed by atoms with Gasteiger partial charge in [-0.3, -0.25) is 14.2 Å². The Hall–Kier alpha value is -2.93. The third kappa shape index (κ3) is 3.46. The monoisotopic (exact) mass is 395 g/mol. The van der Waals surface area contributed by atoms with Crippen molar-refractivity contribution in [3.05, 3.63) is 63.6 Å². The highest BCUT2D eigenvalue weighted by Crippen LogP contribution is 2.33. The van der Waals surface area contributed by atoms with Crippen LogP contribution in [0, 0.1) is 13.8 Å². The molecule has 1 unspecified atom stereocenters. The highest BCUT2D eigenvalue weighted by molar-refractivity contribution is 5.95. The number of para-hydroxylation sites is 1. The Bertz CT molecular complexity index is 1110. The van der Waals surface area contributed by atoms with Gasteiger partial charge in [0, 0.05) is 13.7 Å². The second kappa shape index (κ2) is 7.83. The van der Waals surface area contributed by atoms with E-state index in [2.05, 4.69) is 0 Å². The van der Waals surface area contributed by atoms with Crippen LogP contribution in [0.4, 0.5) is 0 Å². The third-order valence-corrected chi connectivity index (χ3v) is 5.49. The highest BCUT2D eigenvalue weighted by Gasteiger charge is 2.35. The molecule has 4 rings (SSSR count). The van der Waals surface area contributed by atoms with Gasteiger partial charge in [0.05, 0.1) is 35.7 Å². The molecule has 1 amide bonds. The fourth-order valence-corrected chi connectivity index (χ4v) is 4.11. The first-order chi connectivity index (χ1) is 14.0. The number of amides is 1. The maximum atomic E-state index is 13.3. The largest absolute Gasteiger partial charge is 0.466 e. The molecule has 0 spiro atoms. The lowest BCUT2D eigenvalue weighted by Gasteiger charge is -2.26. The molecule has 1 aliphatic rings. The summed E-state index contributed by atoms with van der Waals surface area (Å²) < 4.78 is 12.4. The number of carbonyl (C=O) groups excluding carboxylic acids is 1. The number of hydrogen-bond donors (Lipinski definition) is 0. The van der Waals surface area contributed by atoms with Gasteiger partial charge in [-0.15, -0.1) is 0 Å². The topological polar surface area (TPSA) is 77.6 Å². The van der Waals surface area contributed by atoms with Crippen LogP contribution in [-0.4, -0.2) is 40.6 Å². The molecule has 0 aliphatic carbocycles. The number of fused-ring (bicyclic) bond motifs is 1. The van der Waals surface area contributed by atoms with E-state index in [-0.39, 0.29) is 17.5 Å². The van der Waals surface area contributed by atoms with Crippen molar-refractivity contribution in [2.45, 2.75) is 39.3 Å². The summed E-state index contributed by atoms with van der Waals surface area (Å²) in [7, 11) is 1.61. The number of hydrogen-bond acceptors (Lipinski definition) is 5. The van der Waals surface area contributed by atoms with Gasteiger partial charge in [-0.05, 0) is 44.9 Å². The molecule has 0 radical (unpaired) electrons. The number of furan rings is 1. The van der Waals surface area contributed by atoms with E-state index >= 15 is 0 Å².